The molecular formula is C9H14ClN3O. The molecular weight excluding hydrogens is 202 g/mol. The number of likely N-dealkylation sites (N-methyl/N-ethyl adjacent to an activating group) is 1. The molecule has 0 aliphatic heterocycles. The van der Waals surface area contributed by atoms with Crippen molar-refractivity contribution < 1.29 is 5.11 Å². The highest BCUT2D eigenvalue weighted by atomic mass is 35.5. The molecule has 1 rings (SSSR count). The van der Waals surface area contributed by atoms with Gasteiger partial charge in [-0.15, -0.1) is 0 Å². The number of aliphatic hydroxyl groups excluding tert-OH is 1. The first kappa shape index (κ1) is 11.2. The molecule has 1 aromatic rings. The van der Waals surface area contributed by atoms with E-state index in [1.807, 2.05) is 25.8 Å². The van der Waals surface area contributed by atoms with Crippen LogP contribution in [0.25, 0.3) is 0 Å². The lowest BCUT2D eigenvalue weighted by molar-refractivity contribution is 0.215. The van der Waals surface area contributed by atoms with Crippen LogP contribution in [0.5, 0.6) is 0 Å². The SMILES string of the molecule is CN(c1ncncc1Cl)C(C)(C)CO. The van der Waals surface area contributed by atoms with Gasteiger partial charge in [0.2, 0.25) is 0 Å². The highest BCUT2D eigenvalue weighted by Gasteiger charge is 2.25. The standard InChI is InChI=1S/C9H14ClN3O/c1-9(2,5-14)13(3)8-7(10)4-11-6-12-8/h4,6,14H,5H2,1-3H3. The summed E-state index contributed by atoms with van der Waals surface area (Å²) in [6.07, 6.45) is 2.97. The zero-order valence-corrected chi connectivity index (χ0v) is 9.28. The minimum absolute atomic E-state index is 0.0316. The summed E-state index contributed by atoms with van der Waals surface area (Å²) in [5, 5.41) is 9.67. The lowest BCUT2D eigenvalue weighted by atomic mass is 10.1. The molecule has 78 valence electrons. The number of anilines is 1. The molecule has 0 saturated heterocycles. The van der Waals surface area contributed by atoms with Gasteiger partial charge < -0.3 is 10.0 Å². The summed E-state index contributed by atoms with van der Waals surface area (Å²) in [6, 6.07) is 0. The molecule has 14 heavy (non-hydrogen) atoms. The van der Waals surface area contributed by atoms with E-state index in [0.29, 0.717) is 10.8 Å². The maximum atomic E-state index is 9.19. The van der Waals surface area contributed by atoms with Gasteiger partial charge in [-0.3, -0.25) is 0 Å². The molecule has 4 nitrogen and oxygen atoms in total. The quantitative estimate of drug-likeness (QED) is 0.827. The summed E-state index contributed by atoms with van der Waals surface area (Å²) >= 11 is 5.93. The monoisotopic (exact) mass is 215 g/mol. The Morgan fingerprint density at radius 3 is 2.71 bits per heavy atom. The van der Waals surface area contributed by atoms with Gasteiger partial charge in [0.15, 0.2) is 5.82 Å². The van der Waals surface area contributed by atoms with Gasteiger partial charge in [-0.25, -0.2) is 9.97 Å². The van der Waals surface area contributed by atoms with Crippen LogP contribution in [0.4, 0.5) is 5.82 Å². The van der Waals surface area contributed by atoms with Gasteiger partial charge in [-0.05, 0) is 13.8 Å². The van der Waals surface area contributed by atoms with Crippen molar-refractivity contribution in [1.29, 1.82) is 0 Å². The predicted octanol–water partition coefficient (Wildman–Crippen LogP) is 1.34. The number of aromatic nitrogens is 2. The fraction of sp³-hybridized carbons (Fsp3) is 0.556. The molecule has 0 spiro atoms. The van der Waals surface area contributed by atoms with Crippen molar-refractivity contribution in [2.24, 2.45) is 0 Å². The average molecular weight is 216 g/mol. The van der Waals surface area contributed by atoms with Gasteiger partial charge in [0.1, 0.15) is 11.3 Å². The third kappa shape index (κ3) is 2.13. The first-order chi connectivity index (χ1) is 6.49. The molecule has 0 unspecified atom stereocenters. The van der Waals surface area contributed by atoms with Crippen molar-refractivity contribution in [2.45, 2.75) is 19.4 Å². The first-order valence-electron chi connectivity index (χ1n) is 4.29. The second-order valence-electron chi connectivity index (χ2n) is 3.72. The van der Waals surface area contributed by atoms with Crippen molar-refractivity contribution in [3.63, 3.8) is 0 Å². The Morgan fingerprint density at radius 2 is 2.21 bits per heavy atom. The zero-order valence-electron chi connectivity index (χ0n) is 8.53. The van der Waals surface area contributed by atoms with Crippen LogP contribution >= 0.6 is 11.6 Å². The Balaban J connectivity index is 3.00. The minimum atomic E-state index is -0.391. The van der Waals surface area contributed by atoms with Crippen LogP contribution in [0.1, 0.15) is 13.8 Å². The van der Waals surface area contributed by atoms with Gasteiger partial charge in [0, 0.05) is 7.05 Å². The smallest absolute Gasteiger partial charge is 0.151 e. The van der Waals surface area contributed by atoms with Crippen molar-refractivity contribution in [2.75, 3.05) is 18.6 Å². The lowest BCUT2D eigenvalue weighted by Gasteiger charge is -2.35. The summed E-state index contributed by atoms with van der Waals surface area (Å²) in [7, 11) is 1.84. The number of rotatable bonds is 3. The number of aliphatic hydroxyl groups is 1. The minimum Gasteiger partial charge on any atom is -0.394 e. The highest BCUT2D eigenvalue weighted by Crippen LogP contribution is 2.25. The van der Waals surface area contributed by atoms with Crippen LogP contribution in [-0.2, 0) is 0 Å². The van der Waals surface area contributed by atoms with Crippen LogP contribution in [0.2, 0.25) is 5.02 Å². The van der Waals surface area contributed by atoms with Crippen LogP contribution in [0.15, 0.2) is 12.5 Å². The molecule has 0 amide bonds. The third-order valence-electron chi connectivity index (χ3n) is 2.26. The summed E-state index contributed by atoms with van der Waals surface area (Å²) in [5.74, 6) is 0.626. The van der Waals surface area contributed by atoms with Crippen molar-refractivity contribution in [3.8, 4) is 0 Å². The number of hydrogen-bond acceptors (Lipinski definition) is 4. The van der Waals surface area contributed by atoms with Crippen molar-refractivity contribution >= 4 is 17.4 Å². The van der Waals surface area contributed by atoms with E-state index in [9.17, 15) is 5.11 Å². The Labute approximate surface area is 88.6 Å². The van der Waals surface area contributed by atoms with E-state index in [2.05, 4.69) is 9.97 Å². The first-order valence-corrected chi connectivity index (χ1v) is 4.67. The second kappa shape index (κ2) is 4.11. The molecule has 1 N–H and O–H groups in total. The molecule has 0 bridgehead atoms. The number of nitrogens with zero attached hydrogens (tertiary/aromatic N) is 3. The van der Waals surface area contributed by atoms with Gasteiger partial charge in [-0.2, -0.15) is 0 Å². The molecule has 0 aliphatic carbocycles. The lowest BCUT2D eigenvalue weighted by Crippen LogP contribution is -2.45. The summed E-state index contributed by atoms with van der Waals surface area (Å²) in [5.41, 5.74) is -0.391. The third-order valence-corrected chi connectivity index (χ3v) is 2.53. The maximum absolute atomic E-state index is 9.19. The predicted molar refractivity (Wildman–Crippen MR) is 56.6 cm³/mol. The average Bonchev–Trinajstić information content (AvgIpc) is 2.17. The van der Waals surface area contributed by atoms with E-state index in [4.69, 9.17) is 11.6 Å². The number of hydrogen-bond donors (Lipinski definition) is 1. The van der Waals surface area contributed by atoms with E-state index >= 15 is 0 Å². The topological polar surface area (TPSA) is 49.2 Å². The van der Waals surface area contributed by atoms with E-state index in [-0.39, 0.29) is 6.61 Å². The van der Waals surface area contributed by atoms with Gasteiger partial charge in [0.05, 0.1) is 18.3 Å². The van der Waals surface area contributed by atoms with Gasteiger partial charge >= 0.3 is 0 Å². The fourth-order valence-corrected chi connectivity index (χ4v) is 1.18. The molecule has 0 radical (unpaired) electrons. The van der Waals surface area contributed by atoms with Gasteiger partial charge in [-0.1, -0.05) is 11.6 Å². The number of halogens is 1. The molecule has 1 heterocycles. The molecule has 0 aliphatic rings. The molecule has 0 saturated carbocycles. The van der Waals surface area contributed by atoms with E-state index < -0.39 is 5.54 Å². The van der Waals surface area contributed by atoms with Crippen LogP contribution < -0.4 is 4.90 Å². The highest BCUT2D eigenvalue weighted by molar-refractivity contribution is 6.32. The Bertz CT molecular complexity index is 317. The molecule has 5 heteroatoms. The second-order valence-corrected chi connectivity index (χ2v) is 4.13. The van der Waals surface area contributed by atoms with E-state index in [1.165, 1.54) is 12.5 Å². The van der Waals surface area contributed by atoms with Crippen molar-refractivity contribution in [3.05, 3.63) is 17.5 Å². The van der Waals surface area contributed by atoms with E-state index in [1.54, 1.807) is 0 Å². The maximum Gasteiger partial charge on any atom is 0.151 e. The van der Waals surface area contributed by atoms with Crippen LogP contribution in [-0.4, -0.2) is 34.3 Å². The largest absolute Gasteiger partial charge is 0.394 e. The fourth-order valence-electron chi connectivity index (χ4n) is 0.946. The normalized spacial score (nSPS) is 11.5. The van der Waals surface area contributed by atoms with Gasteiger partial charge in [0.25, 0.3) is 0 Å². The zero-order chi connectivity index (χ0) is 10.8. The van der Waals surface area contributed by atoms with Crippen LogP contribution in [0.3, 0.4) is 0 Å². The molecule has 0 aromatic carbocycles. The Kier molecular flexibility index (Phi) is 3.29. The summed E-state index contributed by atoms with van der Waals surface area (Å²) in [6.45, 7) is 3.85. The molecule has 0 atom stereocenters. The Hall–Kier alpha value is -0.870. The Morgan fingerprint density at radius 1 is 1.57 bits per heavy atom. The summed E-state index contributed by atoms with van der Waals surface area (Å²) in [4.78, 5) is 9.70. The van der Waals surface area contributed by atoms with Crippen LogP contribution in [0, 0.1) is 0 Å². The molecule has 1 aromatic heterocycles. The van der Waals surface area contributed by atoms with E-state index in [0.717, 1.165) is 0 Å². The van der Waals surface area contributed by atoms with Crippen molar-refractivity contribution in [1.82, 2.24) is 9.97 Å². The molecule has 0 fully saturated rings. The summed E-state index contributed by atoms with van der Waals surface area (Å²) < 4.78 is 0.